The van der Waals surface area contributed by atoms with Gasteiger partial charge in [-0.05, 0) is 44.4 Å². The monoisotopic (exact) mass is 229 g/mol. The van der Waals surface area contributed by atoms with Crippen LogP contribution in [0.15, 0.2) is 0 Å². The molecule has 1 heterocycles. The summed E-state index contributed by atoms with van der Waals surface area (Å²) in [6.45, 7) is 2.74. The van der Waals surface area contributed by atoms with Crippen LogP contribution in [0.25, 0.3) is 0 Å². The fourth-order valence-corrected chi connectivity index (χ4v) is 3.83. The molecule has 0 bridgehead atoms. The molecule has 1 saturated heterocycles. The third-order valence-electron chi connectivity index (χ3n) is 4.02. The van der Waals surface area contributed by atoms with E-state index in [4.69, 9.17) is 5.11 Å². The van der Waals surface area contributed by atoms with Crippen molar-refractivity contribution < 1.29 is 5.11 Å². The van der Waals surface area contributed by atoms with E-state index in [-0.39, 0.29) is 0 Å². The van der Waals surface area contributed by atoms with Gasteiger partial charge in [-0.15, -0.1) is 0 Å². The molecule has 2 aliphatic rings. The van der Waals surface area contributed by atoms with E-state index in [1.54, 1.807) is 0 Å². The lowest BCUT2D eigenvalue weighted by atomic mass is 9.94. The first-order valence-corrected chi connectivity index (χ1v) is 7.50. The first kappa shape index (κ1) is 11.7. The van der Waals surface area contributed by atoms with Gasteiger partial charge < -0.3 is 5.11 Å². The summed E-state index contributed by atoms with van der Waals surface area (Å²) in [7, 11) is 0. The molecule has 2 rings (SSSR count). The Morgan fingerprint density at radius 2 is 2.20 bits per heavy atom. The molecule has 88 valence electrons. The predicted octanol–water partition coefficient (Wildman–Crippen LogP) is 1.97. The van der Waals surface area contributed by atoms with Crippen molar-refractivity contribution >= 4 is 11.8 Å². The average molecular weight is 229 g/mol. The minimum Gasteiger partial charge on any atom is -0.396 e. The van der Waals surface area contributed by atoms with Gasteiger partial charge in [-0.25, -0.2) is 0 Å². The zero-order valence-electron chi connectivity index (χ0n) is 9.69. The number of hydrogen-bond donors (Lipinski definition) is 1. The van der Waals surface area contributed by atoms with Gasteiger partial charge in [-0.2, -0.15) is 11.8 Å². The third-order valence-corrected chi connectivity index (χ3v) is 5.12. The second-order valence-electron chi connectivity index (χ2n) is 5.01. The molecule has 2 nitrogen and oxygen atoms in total. The van der Waals surface area contributed by atoms with Gasteiger partial charge in [-0.1, -0.05) is 6.42 Å². The SMILES string of the molecule is CSC1CCCC(N2CCC(CO)C2)C1. The van der Waals surface area contributed by atoms with Crippen LogP contribution in [0.2, 0.25) is 0 Å². The van der Waals surface area contributed by atoms with Crippen LogP contribution in [0.1, 0.15) is 32.1 Å². The standard InChI is InChI=1S/C12H23NOS/c1-15-12-4-2-3-11(7-12)13-6-5-10(8-13)9-14/h10-12,14H,2-9H2,1H3. The molecule has 3 heteroatoms. The van der Waals surface area contributed by atoms with Crippen LogP contribution in [0.4, 0.5) is 0 Å². The predicted molar refractivity (Wildman–Crippen MR) is 66.3 cm³/mol. The summed E-state index contributed by atoms with van der Waals surface area (Å²) in [6, 6.07) is 0.813. The molecule has 1 aliphatic heterocycles. The molecule has 0 radical (unpaired) electrons. The Balaban J connectivity index is 1.83. The number of nitrogens with zero attached hydrogens (tertiary/aromatic N) is 1. The van der Waals surface area contributed by atoms with Crippen LogP contribution >= 0.6 is 11.8 Å². The quantitative estimate of drug-likeness (QED) is 0.800. The Bertz CT molecular complexity index is 200. The molecule has 0 aromatic rings. The maximum absolute atomic E-state index is 9.15. The Hall–Kier alpha value is 0.270. The summed E-state index contributed by atoms with van der Waals surface area (Å²) in [5.41, 5.74) is 0. The maximum Gasteiger partial charge on any atom is 0.0471 e. The van der Waals surface area contributed by atoms with Gasteiger partial charge in [-0.3, -0.25) is 4.90 Å². The van der Waals surface area contributed by atoms with Crippen molar-refractivity contribution in [2.24, 2.45) is 5.92 Å². The van der Waals surface area contributed by atoms with Crippen LogP contribution in [-0.4, -0.2) is 47.3 Å². The summed E-state index contributed by atoms with van der Waals surface area (Å²) >= 11 is 2.04. The van der Waals surface area contributed by atoms with Crippen molar-refractivity contribution in [3.8, 4) is 0 Å². The normalized spacial score (nSPS) is 38.4. The topological polar surface area (TPSA) is 23.5 Å². The van der Waals surface area contributed by atoms with Crippen LogP contribution < -0.4 is 0 Å². The number of rotatable bonds is 3. The highest BCUT2D eigenvalue weighted by Crippen LogP contribution is 2.32. The molecule has 15 heavy (non-hydrogen) atoms. The zero-order valence-corrected chi connectivity index (χ0v) is 10.5. The molecular formula is C12H23NOS. The van der Waals surface area contributed by atoms with Crippen LogP contribution in [0, 0.1) is 5.92 Å². The van der Waals surface area contributed by atoms with E-state index >= 15 is 0 Å². The smallest absolute Gasteiger partial charge is 0.0471 e. The van der Waals surface area contributed by atoms with E-state index in [9.17, 15) is 0 Å². The molecule has 3 atom stereocenters. The van der Waals surface area contributed by atoms with Crippen molar-refractivity contribution in [3.05, 3.63) is 0 Å². The highest BCUT2D eigenvalue weighted by atomic mass is 32.2. The highest BCUT2D eigenvalue weighted by Gasteiger charge is 2.31. The molecule has 1 N–H and O–H groups in total. The summed E-state index contributed by atoms with van der Waals surface area (Å²) in [6.07, 6.45) is 9.02. The Kier molecular flexibility index (Phi) is 4.35. The molecule has 1 aliphatic carbocycles. The number of aliphatic hydroxyl groups is 1. The number of hydrogen-bond acceptors (Lipinski definition) is 3. The van der Waals surface area contributed by atoms with Gasteiger partial charge in [0.05, 0.1) is 0 Å². The largest absolute Gasteiger partial charge is 0.396 e. The van der Waals surface area contributed by atoms with Gasteiger partial charge in [0.15, 0.2) is 0 Å². The Labute approximate surface area is 97.4 Å². The molecule has 2 fully saturated rings. The summed E-state index contributed by atoms with van der Waals surface area (Å²) in [5, 5.41) is 10.0. The molecule has 1 saturated carbocycles. The van der Waals surface area contributed by atoms with E-state index in [1.807, 2.05) is 11.8 Å². The zero-order chi connectivity index (χ0) is 10.7. The fraction of sp³-hybridized carbons (Fsp3) is 1.00. The second kappa shape index (κ2) is 5.55. The van der Waals surface area contributed by atoms with E-state index in [0.717, 1.165) is 17.8 Å². The minimum absolute atomic E-state index is 0.384. The number of thioether (sulfide) groups is 1. The van der Waals surface area contributed by atoms with E-state index in [1.165, 1.54) is 38.6 Å². The van der Waals surface area contributed by atoms with Crippen molar-refractivity contribution in [2.45, 2.75) is 43.4 Å². The van der Waals surface area contributed by atoms with Gasteiger partial charge in [0.25, 0.3) is 0 Å². The lowest BCUT2D eigenvalue weighted by Crippen LogP contribution is -2.38. The minimum atomic E-state index is 0.384. The summed E-state index contributed by atoms with van der Waals surface area (Å²) < 4.78 is 0. The van der Waals surface area contributed by atoms with Crippen LogP contribution in [0.5, 0.6) is 0 Å². The molecule has 3 unspecified atom stereocenters. The first-order chi connectivity index (χ1) is 7.33. The molecule has 0 amide bonds. The van der Waals surface area contributed by atoms with Crippen molar-refractivity contribution in [1.82, 2.24) is 4.90 Å². The first-order valence-electron chi connectivity index (χ1n) is 6.21. The second-order valence-corrected chi connectivity index (χ2v) is 6.15. The van der Waals surface area contributed by atoms with Gasteiger partial charge in [0.1, 0.15) is 0 Å². The summed E-state index contributed by atoms with van der Waals surface area (Å²) in [4.78, 5) is 2.63. The molecular weight excluding hydrogens is 206 g/mol. The van der Waals surface area contributed by atoms with E-state index in [2.05, 4.69) is 11.2 Å². The number of aliphatic hydroxyl groups excluding tert-OH is 1. The van der Waals surface area contributed by atoms with Gasteiger partial charge >= 0.3 is 0 Å². The van der Waals surface area contributed by atoms with Crippen molar-refractivity contribution in [3.63, 3.8) is 0 Å². The molecule has 0 aromatic heterocycles. The number of likely N-dealkylation sites (tertiary alicyclic amines) is 1. The summed E-state index contributed by atoms with van der Waals surface area (Å²) in [5.74, 6) is 0.555. The Morgan fingerprint density at radius 3 is 2.87 bits per heavy atom. The van der Waals surface area contributed by atoms with Crippen LogP contribution in [-0.2, 0) is 0 Å². The lowest BCUT2D eigenvalue weighted by molar-refractivity contribution is 0.171. The van der Waals surface area contributed by atoms with E-state index in [0.29, 0.717) is 12.5 Å². The fourth-order valence-electron chi connectivity index (χ4n) is 3.01. The highest BCUT2D eigenvalue weighted by molar-refractivity contribution is 7.99. The van der Waals surface area contributed by atoms with Gasteiger partial charge in [0, 0.05) is 24.4 Å². The van der Waals surface area contributed by atoms with Gasteiger partial charge in [0.2, 0.25) is 0 Å². The average Bonchev–Trinajstić information content (AvgIpc) is 2.78. The van der Waals surface area contributed by atoms with E-state index < -0.39 is 0 Å². The molecule has 0 aromatic carbocycles. The Morgan fingerprint density at radius 1 is 1.33 bits per heavy atom. The van der Waals surface area contributed by atoms with Crippen molar-refractivity contribution in [1.29, 1.82) is 0 Å². The lowest BCUT2D eigenvalue weighted by Gasteiger charge is -2.34. The van der Waals surface area contributed by atoms with Crippen molar-refractivity contribution in [2.75, 3.05) is 26.0 Å². The third kappa shape index (κ3) is 2.89. The molecule has 0 spiro atoms. The maximum atomic E-state index is 9.15. The van der Waals surface area contributed by atoms with Crippen LogP contribution in [0.3, 0.4) is 0 Å².